The summed E-state index contributed by atoms with van der Waals surface area (Å²) in [6.45, 7) is 13.0. The Morgan fingerprint density at radius 2 is 0.921 bits per heavy atom. The Morgan fingerprint density at radius 1 is 0.526 bits per heavy atom. The molecular formula is C36H46O2. The fraction of sp³-hybridized carbons (Fsp3) is 0.389. The second-order valence-electron chi connectivity index (χ2n) is 11.3. The Morgan fingerprint density at radius 3 is 1.29 bits per heavy atom. The number of rotatable bonds is 12. The lowest BCUT2D eigenvalue weighted by Gasteiger charge is -2.12. The zero-order valence-corrected chi connectivity index (χ0v) is 24.3. The minimum absolute atomic E-state index is 0.254. The van der Waals surface area contributed by atoms with Crippen molar-refractivity contribution < 1.29 is 10.2 Å². The van der Waals surface area contributed by atoms with E-state index in [1.54, 1.807) is 0 Å². The summed E-state index contributed by atoms with van der Waals surface area (Å²) in [5.41, 5.74) is 7.91. The molecule has 3 rings (SSSR count). The van der Waals surface area contributed by atoms with Gasteiger partial charge in [0, 0.05) is 21.5 Å². The first-order valence-corrected chi connectivity index (χ1v) is 14.1. The molecule has 0 unspecified atom stereocenters. The molecule has 0 spiro atoms. The maximum atomic E-state index is 11.1. The summed E-state index contributed by atoms with van der Waals surface area (Å²) >= 11 is 0. The van der Waals surface area contributed by atoms with Gasteiger partial charge in [-0.2, -0.15) is 0 Å². The van der Waals surface area contributed by atoms with Crippen LogP contribution in [0.15, 0.2) is 83.0 Å². The summed E-state index contributed by atoms with van der Waals surface area (Å²) in [6.07, 6.45) is 17.4. The van der Waals surface area contributed by atoms with E-state index in [1.807, 2.05) is 24.3 Å². The molecule has 0 aliphatic carbocycles. The first kappa shape index (κ1) is 29.3. The molecule has 0 heterocycles. The van der Waals surface area contributed by atoms with Gasteiger partial charge in [0.25, 0.3) is 0 Å². The van der Waals surface area contributed by atoms with Crippen LogP contribution in [0.25, 0.3) is 21.5 Å². The molecule has 202 valence electrons. The Balaban J connectivity index is 1.72. The van der Waals surface area contributed by atoms with Crippen LogP contribution in [0.2, 0.25) is 0 Å². The largest absolute Gasteiger partial charge is 0.507 e. The number of aromatic hydroxyl groups is 2. The van der Waals surface area contributed by atoms with Crippen molar-refractivity contribution in [2.24, 2.45) is 0 Å². The summed E-state index contributed by atoms with van der Waals surface area (Å²) in [5, 5.41) is 25.1. The molecule has 2 nitrogen and oxygen atoms in total. The van der Waals surface area contributed by atoms with E-state index >= 15 is 0 Å². The molecule has 0 aliphatic heterocycles. The van der Waals surface area contributed by atoms with Crippen LogP contribution in [0.4, 0.5) is 0 Å². The molecule has 38 heavy (non-hydrogen) atoms. The van der Waals surface area contributed by atoms with Gasteiger partial charge in [0.05, 0.1) is 0 Å². The lowest BCUT2D eigenvalue weighted by Crippen LogP contribution is -1.89. The Kier molecular flexibility index (Phi) is 10.8. The summed E-state index contributed by atoms with van der Waals surface area (Å²) in [6, 6.07) is 12.1. The van der Waals surface area contributed by atoms with E-state index in [4.69, 9.17) is 0 Å². The highest BCUT2D eigenvalue weighted by Crippen LogP contribution is 2.42. The van der Waals surface area contributed by atoms with E-state index in [0.29, 0.717) is 10.8 Å². The number of aryl methyl sites for hydroxylation is 2. The van der Waals surface area contributed by atoms with Crippen molar-refractivity contribution in [1.29, 1.82) is 0 Å². The van der Waals surface area contributed by atoms with Gasteiger partial charge in [0.1, 0.15) is 11.5 Å². The van der Waals surface area contributed by atoms with E-state index in [-0.39, 0.29) is 11.5 Å². The van der Waals surface area contributed by atoms with Crippen LogP contribution in [0.1, 0.15) is 91.2 Å². The van der Waals surface area contributed by atoms with Crippen molar-refractivity contribution in [2.45, 2.75) is 92.9 Å². The number of benzene rings is 3. The summed E-state index contributed by atoms with van der Waals surface area (Å²) in [4.78, 5) is 0. The van der Waals surface area contributed by atoms with Crippen LogP contribution >= 0.6 is 0 Å². The van der Waals surface area contributed by atoms with Gasteiger partial charge in [-0.25, -0.2) is 0 Å². The minimum Gasteiger partial charge on any atom is -0.507 e. The van der Waals surface area contributed by atoms with Crippen molar-refractivity contribution in [1.82, 2.24) is 0 Å². The van der Waals surface area contributed by atoms with Gasteiger partial charge >= 0.3 is 0 Å². The molecule has 2 N–H and O–H groups in total. The monoisotopic (exact) mass is 510 g/mol. The third-order valence-corrected chi connectivity index (χ3v) is 7.22. The van der Waals surface area contributed by atoms with Crippen molar-refractivity contribution in [3.05, 3.63) is 94.1 Å². The van der Waals surface area contributed by atoms with Crippen molar-refractivity contribution in [3.63, 3.8) is 0 Å². The number of hydrogen-bond donors (Lipinski definition) is 2. The molecule has 0 bridgehead atoms. The lowest BCUT2D eigenvalue weighted by atomic mass is 9.95. The fourth-order valence-electron chi connectivity index (χ4n) is 4.94. The number of phenolic OH excluding ortho intramolecular Hbond substituents is 2. The van der Waals surface area contributed by atoms with Gasteiger partial charge in [0.2, 0.25) is 0 Å². The summed E-state index contributed by atoms with van der Waals surface area (Å²) in [7, 11) is 0. The van der Waals surface area contributed by atoms with Gasteiger partial charge in [-0.1, -0.05) is 70.9 Å². The maximum absolute atomic E-state index is 11.1. The Hall–Kier alpha value is -3.26. The fourth-order valence-corrected chi connectivity index (χ4v) is 4.94. The third kappa shape index (κ3) is 8.38. The first-order valence-electron chi connectivity index (χ1n) is 14.1. The normalized spacial score (nSPS) is 12.3. The molecule has 3 aromatic carbocycles. The lowest BCUT2D eigenvalue weighted by molar-refractivity contribution is 0.478. The number of fused-ring (bicyclic) bond motifs is 2. The molecule has 0 aromatic heterocycles. The van der Waals surface area contributed by atoms with Gasteiger partial charge in [-0.15, -0.1) is 0 Å². The number of hydrogen-bond acceptors (Lipinski definition) is 2. The van der Waals surface area contributed by atoms with E-state index in [2.05, 4.69) is 78.0 Å². The first-order chi connectivity index (χ1) is 18.2. The van der Waals surface area contributed by atoms with E-state index in [1.165, 1.54) is 33.4 Å². The zero-order valence-electron chi connectivity index (χ0n) is 24.3. The zero-order chi connectivity index (χ0) is 27.7. The predicted molar refractivity (Wildman–Crippen MR) is 166 cm³/mol. The maximum Gasteiger partial charge on any atom is 0.131 e. The molecule has 0 saturated heterocycles. The van der Waals surface area contributed by atoms with Gasteiger partial charge < -0.3 is 10.2 Å². The summed E-state index contributed by atoms with van der Waals surface area (Å²) in [5.74, 6) is 0.509. The second-order valence-corrected chi connectivity index (χ2v) is 11.3. The van der Waals surface area contributed by atoms with Crippen molar-refractivity contribution >= 4 is 21.5 Å². The van der Waals surface area contributed by atoms with Crippen LogP contribution in [0.5, 0.6) is 11.5 Å². The van der Waals surface area contributed by atoms with E-state index < -0.39 is 0 Å². The summed E-state index contributed by atoms with van der Waals surface area (Å²) < 4.78 is 0. The highest BCUT2D eigenvalue weighted by molar-refractivity contribution is 6.10. The Bertz CT molecular complexity index is 1270. The SMILES string of the molecule is CC(C)=CCCC(C)=CCCc1ccc2c(O)c3cc(CCC=C(C)CCC=C(C)C)ccc3c(O)c2c1. The topological polar surface area (TPSA) is 40.5 Å². The van der Waals surface area contributed by atoms with Crippen LogP contribution in [-0.4, -0.2) is 10.2 Å². The van der Waals surface area contributed by atoms with Crippen LogP contribution in [0, 0.1) is 0 Å². The van der Waals surface area contributed by atoms with E-state index in [9.17, 15) is 10.2 Å². The average Bonchev–Trinajstić information content (AvgIpc) is 2.86. The van der Waals surface area contributed by atoms with Gasteiger partial charge in [-0.3, -0.25) is 0 Å². The smallest absolute Gasteiger partial charge is 0.131 e. The second kappa shape index (κ2) is 14.0. The predicted octanol–water partition coefficient (Wildman–Crippen LogP) is 10.7. The molecule has 0 saturated carbocycles. The molecule has 0 amide bonds. The molecule has 0 fully saturated rings. The molecule has 0 atom stereocenters. The van der Waals surface area contributed by atoms with Crippen molar-refractivity contribution in [3.8, 4) is 11.5 Å². The molecule has 0 aliphatic rings. The molecule has 2 heteroatoms. The van der Waals surface area contributed by atoms with Gasteiger partial charge in [-0.05, 0) is 116 Å². The van der Waals surface area contributed by atoms with Crippen LogP contribution < -0.4 is 0 Å². The molecular weight excluding hydrogens is 464 g/mol. The third-order valence-electron chi connectivity index (χ3n) is 7.22. The van der Waals surface area contributed by atoms with E-state index in [0.717, 1.165) is 62.1 Å². The van der Waals surface area contributed by atoms with Crippen molar-refractivity contribution in [2.75, 3.05) is 0 Å². The highest BCUT2D eigenvalue weighted by atomic mass is 16.3. The number of allylic oxidation sites excluding steroid dienone is 8. The van der Waals surface area contributed by atoms with Crippen LogP contribution in [-0.2, 0) is 12.8 Å². The highest BCUT2D eigenvalue weighted by Gasteiger charge is 2.14. The standard InChI is InChI=1S/C36H46O2/c1-25(2)11-7-13-27(5)15-9-17-29-19-21-31-33(23-29)35(37)32-22-20-30(24-34(32)36(31)38)18-10-16-28(6)14-8-12-26(3)4/h11-12,15-16,19-24,37-38H,7-10,13-14,17-18H2,1-6H3. The van der Waals surface area contributed by atoms with Crippen LogP contribution in [0.3, 0.4) is 0 Å². The Labute approximate surface area is 230 Å². The molecule has 3 aromatic rings. The quantitative estimate of drug-likeness (QED) is 0.144. The minimum atomic E-state index is 0.254. The average molecular weight is 511 g/mol. The van der Waals surface area contributed by atoms with Gasteiger partial charge in [0.15, 0.2) is 0 Å². The number of phenols is 2. The molecule has 0 radical (unpaired) electrons.